The largest absolute Gasteiger partial charge is 0.481 e. The molecule has 0 aromatic heterocycles. The number of benzene rings is 1. The Morgan fingerprint density at radius 2 is 2.05 bits per heavy atom. The molecule has 19 heavy (non-hydrogen) atoms. The van der Waals surface area contributed by atoms with Crippen LogP contribution >= 0.6 is 11.6 Å². The van der Waals surface area contributed by atoms with Crippen LogP contribution in [0.1, 0.15) is 20.3 Å². The molecule has 4 nitrogen and oxygen atoms in total. The van der Waals surface area contributed by atoms with Crippen LogP contribution in [0, 0.1) is 0 Å². The highest BCUT2D eigenvalue weighted by Gasteiger charge is 2.13. The van der Waals surface area contributed by atoms with E-state index in [-0.39, 0.29) is 5.91 Å². The molecule has 5 heteroatoms. The van der Waals surface area contributed by atoms with Crippen molar-refractivity contribution in [3.63, 3.8) is 0 Å². The van der Waals surface area contributed by atoms with Crippen molar-refractivity contribution >= 4 is 17.5 Å². The summed E-state index contributed by atoms with van der Waals surface area (Å²) >= 11 is 5.77. The van der Waals surface area contributed by atoms with E-state index in [0.29, 0.717) is 30.5 Å². The molecule has 0 unspecified atom stereocenters. The quantitative estimate of drug-likeness (QED) is 0.747. The van der Waals surface area contributed by atoms with Crippen molar-refractivity contribution in [3.8, 4) is 5.75 Å². The average molecular weight is 286 g/mol. The van der Waals surface area contributed by atoms with E-state index in [1.54, 1.807) is 31.2 Å². The molecule has 0 saturated heterocycles. The van der Waals surface area contributed by atoms with Gasteiger partial charge in [-0.2, -0.15) is 0 Å². The van der Waals surface area contributed by atoms with Crippen LogP contribution in [-0.4, -0.2) is 31.8 Å². The molecule has 106 valence electrons. The van der Waals surface area contributed by atoms with E-state index in [1.807, 2.05) is 6.92 Å². The van der Waals surface area contributed by atoms with Crippen LogP contribution in [0.4, 0.5) is 0 Å². The van der Waals surface area contributed by atoms with Gasteiger partial charge < -0.3 is 14.8 Å². The second kappa shape index (κ2) is 8.77. The molecule has 0 spiro atoms. The number of hydrogen-bond acceptors (Lipinski definition) is 3. The molecule has 1 N–H and O–H groups in total. The summed E-state index contributed by atoms with van der Waals surface area (Å²) < 4.78 is 10.7. The normalized spacial score (nSPS) is 11.9. The molecule has 1 amide bonds. The van der Waals surface area contributed by atoms with Crippen molar-refractivity contribution in [2.75, 3.05) is 19.8 Å². The number of hydrogen-bond donors (Lipinski definition) is 1. The van der Waals surface area contributed by atoms with Crippen LogP contribution in [0.25, 0.3) is 0 Å². The summed E-state index contributed by atoms with van der Waals surface area (Å²) in [5, 5.41) is 3.44. The summed E-state index contributed by atoms with van der Waals surface area (Å²) in [6.45, 7) is 5.60. The van der Waals surface area contributed by atoms with Crippen molar-refractivity contribution in [2.24, 2.45) is 0 Å². The molecular weight excluding hydrogens is 266 g/mol. The van der Waals surface area contributed by atoms with Gasteiger partial charge in [0, 0.05) is 24.8 Å². The van der Waals surface area contributed by atoms with Gasteiger partial charge in [-0.25, -0.2) is 0 Å². The second-order valence-electron chi connectivity index (χ2n) is 4.06. The highest BCUT2D eigenvalue weighted by Crippen LogP contribution is 2.16. The molecule has 0 aliphatic rings. The van der Waals surface area contributed by atoms with Gasteiger partial charge in [0.05, 0.1) is 0 Å². The van der Waals surface area contributed by atoms with Crippen LogP contribution in [0.15, 0.2) is 24.3 Å². The topological polar surface area (TPSA) is 47.6 Å². The van der Waals surface area contributed by atoms with Gasteiger partial charge in [-0.15, -0.1) is 0 Å². The lowest BCUT2D eigenvalue weighted by atomic mass is 10.3. The van der Waals surface area contributed by atoms with Gasteiger partial charge in [-0.05, 0) is 44.5 Å². The van der Waals surface area contributed by atoms with E-state index in [1.165, 1.54) is 0 Å². The number of ether oxygens (including phenoxy) is 2. The summed E-state index contributed by atoms with van der Waals surface area (Å²) in [6, 6.07) is 6.93. The van der Waals surface area contributed by atoms with Crippen molar-refractivity contribution in [2.45, 2.75) is 26.4 Å². The average Bonchev–Trinajstić information content (AvgIpc) is 2.41. The Balaban J connectivity index is 2.26. The van der Waals surface area contributed by atoms with E-state index in [2.05, 4.69) is 5.32 Å². The van der Waals surface area contributed by atoms with Gasteiger partial charge in [0.25, 0.3) is 5.91 Å². The first-order chi connectivity index (χ1) is 9.13. The van der Waals surface area contributed by atoms with E-state index in [9.17, 15) is 4.79 Å². The van der Waals surface area contributed by atoms with Gasteiger partial charge >= 0.3 is 0 Å². The monoisotopic (exact) mass is 285 g/mol. The Morgan fingerprint density at radius 1 is 1.37 bits per heavy atom. The number of carbonyl (C=O) groups excluding carboxylic acids is 1. The van der Waals surface area contributed by atoms with Crippen molar-refractivity contribution in [3.05, 3.63) is 29.3 Å². The highest BCUT2D eigenvalue weighted by molar-refractivity contribution is 6.30. The minimum Gasteiger partial charge on any atom is -0.481 e. The molecule has 1 rings (SSSR count). The molecule has 1 aromatic carbocycles. The van der Waals surface area contributed by atoms with E-state index >= 15 is 0 Å². The summed E-state index contributed by atoms with van der Waals surface area (Å²) in [4.78, 5) is 11.7. The third-order valence-electron chi connectivity index (χ3n) is 2.46. The van der Waals surface area contributed by atoms with Crippen LogP contribution in [0.3, 0.4) is 0 Å². The SMILES string of the molecule is CCOCCCNC(=O)[C@H](C)Oc1ccc(Cl)cc1. The predicted molar refractivity (Wildman–Crippen MR) is 75.7 cm³/mol. The lowest BCUT2D eigenvalue weighted by molar-refractivity contribution is -0.127. The highest BCUT2D eigenvalue weighted by atomic mass is 35.5. The first-order valence-corrected chi connectivity index (χ1v) is 6.79. The van der Waals surface area contributed by atoms with Crippen LogP contribution in [0.5, 0.6) is 5.75 Å². The molecule has 0 fully saturated rings. The van der Waals surface area contributed by atoms with Crippen LogP contribution < -0.4 is 10.1 Å². The molecule has 0 heterocycles. The molecule has 0 aliphatic heterocycles. The maximum absolute atomic E-state index is 11.7. The molecular formula is C14H20ClNO3. The lowest BCUT2D eigenvalue weighted by Crippen LogP contribution is -2.37. The summed E-state index contributed by atoms with van der Waals surface area (Å²) in [5.74, 6) is 0.493. The minimum atomic E-state index is -0.534. The summed E-state index contributed by atoms with van der Waals surface area (Å²) in [6.07, 6.45) is 0.265. The summed E-state index contributed by atoms with van der Waals surface area (Å²) in [7, 11) is 0. The third-order valence-corrected chi connectivity index (χ3v) is 2.72. The van der Waals surface area contributed by atoms with Crippen molar-refractivity contribution in [1.82, 2.24) is 5.32 Å². The molecule has 0 bridgehead atoms. The summed E-state index contributed by atoms with van der Waals surface area (Å²) in [5.41, 5.74) is 0. The zero-order chi connectivity index (χ0) is 14.1. The minimum absolute atomic E-state index is 0.133. The smallest absolute Gasteiger partial charge is 0.260 e. The number of nitrogens with one attached hydrogen (secondary N) is 1. The van der Waals surface area contributed by atoms with E-state index < -0.39 is 6.10 Å². The van der Waals surface area contributed by atoms with E-state index in [0.717, 1.165) is 6.42 Å². The molecule has 0 saturated carbocycles. The molecule has 1 aromatic rings. The lowest BCUT2D eigenvalue weighted by Gasteiger charge is -2.14. The zero-order valence-electron chi connectivity index (χ0n) is 11.3. The number of carbonyl (C=O) groups is 1. The van der Waals surface area contributed by atoms with Crippen molar-refractivity contribution < 1.29 is 14.3 Å². The Hall–Kier alpha value is -1.26. The first-order valence-electron chi connectivity index (χ1n) is 6.41. The number of amides is 1. The molecule has 0 aliphatic carbocycles. The standard InChI is InChI=1S/C14H20ClNO3/c1-3-18-10-4-9-16-14(17)11(2)19-13-7-5-12(15)6-8-13/h5-8,11H,3-4,9-10H2,1-2H3,(H,16,17)/t11-/m0/s1. The van der Waals surface area contributed by atoms with Crippen LogP contribution in [-0.2, 0) is 9.53 Å². The first kappa shape index (κ1) is 15.8. The van der Waals surface area contributed by atoms with Gasteiger partial charge in [-0.1, -0.05) is 11.6 Å². The maximum atomic E-state index is 11.7. The zero-order valence-corrected chi connectivity index (χ0v) is 12.1. The Labute approximate surface area is 119 Å². The van der Waals surface area contributed by atoms with Crippen LogP contribution in [0.2, 0.25) is 5.02 Å². The fourth-order valence-corrected chi connectivity index (χ4v) is 1.57. The molecule has 1 atom stereocenters. The fraction of sp³-hybridized carbons (Fsp3) is 0.500. The Kier molecular flexibility index (Phi) is 7.30. The molecule has 0 radical (unpaired) electrons. The van der Waals surface area contributed by atoms with Gasteiger partial charge in [0.2, 0.25) is 0 Å². The predicted octanol–water partition coefficient (Wildman–Crippen LogP) is 2.65. The number of rotatable bonds is 8. The number of halogens is 1. The van der Waals surface area contributed by atoms with Gasteiger partial charge in [0.15, 0.2) is 6.10 Å². The van der Waals surface area contributed by atoms with E-state index in [4.69, 9.17) is 21.1 Å². The van der Waals surface area contributed by atoms with Gasteiger partial charge in [-0.3, -0.25) is 4.79 Å². The maximum Gasteiger partial charge on any atom is 0.260 e. The third kappa shape index (κ3) is 6.45. The fourth-order valence-electron chi connectivity index (χ4n) is 1.44. The Bertz CT molecular complexity index is 381. The Morgan fingerprint density at radius 3 is 2.68 bits per heavy atom. The van der Waals surface area contributed by atoms with Crippen molar-refractivity contribution in [1.29, 1.82) is 0 Å². The second-order valence-corrected chi connectivity index (χ2v) is 4.49. The van der Waals surface area contributed by atoms with Gasteiger partial charge in [0.1, 0.15) is 5.75 Å².